The second-order valence-corrected chi connectivity index (χ2v) is 6.20. The van der Waals surface area contributed by atoms with Gasteiger partial charge in [0.15, 0.2) is 0 Å². The van der Waals surface area contributed by atoms with Crippen molar-refractivity contribution >= 4 is 17.4 Å². The van der Waals surface area contributed by atoms with Crippen molar-refractivity contribution < 1.29 is 5.11 Å². The summed E-state index contributed by atoms with van der Waals surface area (Å²) in [7, 11) is 0. The van der Waals surface area contributed by atoms with Crippen LogP contribution in [0.2, 0.25) is 5.02 Å². The van der Waals surface area contributed by atoms with Crippen molar-refractivity contribution in [1.29, 1.82) is 0 Å². The Morgan fingerprint density at radius 2 is 1.80 bits per heavy atom. The molecule has 0 amide bonds. The molecule has 4 nitrogen and oxygen atoms in total. The highest BCUT2D eigenvalue weighted by molar-refractivity contribution is 6.32. The molecule has 2 aliphatic rings. The Kier molecular flexibility index (Phi) is 4.44. The van der Waals surface area contributed by atoms with Gasteiger partial charge >= 0.3 is 0 Å². The molecule has 110 valence electrons. The molecule has 0 aliphatic carbocycles. The van der Waals surface area contributed by atoms with E-state index in [-0.39, 0.29) is 6.10 Å². The Morgan fingerprint density at radius 3 is 2.45 bits per heavy atom. The molecular weight excluding hydrogens is 274 g/mol. The van der Waals surface area contributed by atoms with Gasteiger partial charge in [-0.3, -0.25) is 0 Å². The van der Waals surface area contributed by atoms with Crippen LogP contribution in [0.1, 0.15) is 25.7 Å². The lowest BCUT2D eigenvalue weighted by Gasteiger charge is -2.41. The van der Waals surface area contributed by atoms with Crippen LogP contribution < -0.4 is 4.90 Å². The number of halogens is 1. The van der Waals surface area contributed by atoms with E-state index < -0.39 is 0 Å². The van der Waals surface area contributed by atoms with Crippen LogP contribution in [-0.4, -0.2) is 53.3 Å². The van der Waals surface area contributed by atoms with Gasteiger partial charge in [-0.2, -0.15) is 0 Å². The zero-order valence-corrected chi connectivity index (χ0v) is 12.5. The van der Waals surface area contributed by atoms with Gasteiger partial charge in [-0.1, -0.05) is 11.6 Å². The average molecular weight is 296 g/mol. The fourth-order valence-corrected chi connectivity index (χ4v) is 3.54. The van der Waals surface area contributed by atoms with Gasteiger partial charge < -0.3 is 14.9 Å². The maximum Gasteiger partial charge on any atom is 0.147 e. The molecule has 0 radical (unpaired) electrons. The Hall–Kier alpha value is -0.840. The van der Waals surface area contributed by atoms with E-state index >= 15 is 0 Å². The molecule has 0 saturated carbocycles. The van der Waals surface area contributed by atoms with E-state index in [1.165, 1.54) is 0 Å². The van der Waals surface area contributed by atoms with E-state index in [1.54, 1.807) is 6.20 Å². The summed E-state index contributed by atoms with van der Waals surface area (Å²) in [5.41, 5.74) is 0. The van der Waals surface area contributed by atoms with E-state index in [0.717, 1.165) is 62.7 Å². The fourth-order valence-electron chi connectivity index (χ4n) is 3.30. The number of hydrogen-bond donors (Lipinski definition) is 1. The minimum atomic E-state index is -0.0846. The van der Waals surface area contributed by atoms with Crippen molar-refractivity contribution in [2.24, 2.45) is 0 Å². The standard InChI is InChI=1S/C15H22ClN3O/c16-14-2-1-7-17-15(14)19-8-3-12(4-9-19)18-10-5-13(20)6-11-18/h1-2,7,12-13,20H,3-6,8-11H2. The molecule has 1 aromatic rings. The van der Waals surface area contributed by atoms with Gasteiger partial charge in [-0.05, 0) is 37.8 Å². The van der Waals surface area contributed by atoms with E-state index in [0.29, 0.717) is 6.04 Å². The first kappa shape index (κ1) is 14.1. The van der Waals surface area contributed by atoms with Crippen LogP contribution in [0.25, 0.3) is 0 Å². The minimum Gasteiger partial charge on any atom is -0.393 e. The number of aromatic nitrogens is 1. The summed E-state index contributed by atoms with van der Waals surface area (Å²) >= 11 is 6.22. The van der Waals surface area contributed by atoms with Crippen LogP contribution in [0.5, 0.6) is 0 Å². The maximum absolute atomic E-state index is 9.59. The van der Waals surface area contributed by atoms with Gasteiger partial charge in [0.2, 0.25) is 0 Å². The number of aliphatic hydroxyl groups excluding tert-OH is 1. The van der Waals surface area contributed by atoms with Crippen molar-refractivity contribution in [3.8, 4) is 0 Å². The normalized spacial score (nSPS) is 23.2. The number of anilines is 1. The second kappa shape index (κ2) is 6.29. The van der Waals surface area contributed by atoms with Crippen LogP contribution in [0.4, 0.5) is 5.82 Å². The summed E-state index contributed by atoms with van der Waals surface area (Å²) in [5, 5.41) is 10.3. The van der Waals surface area contributed by atoms with Gasteiger partial charge in [-0.25, -0.2) is 4.98 Å². The smallest absolute Gasteiger partial charge is 0.147 e. The van der Waals surface area contributed by atoms with E-state index in [9.17, 15) is 5.11 Å². The Bertz CT molecular complexity index is 440. The van der Waals surface area contributed by atoms with Crippen LogP contribution in [0.15, 0.2) is 18.3 Å². The number of hydrogen-bond acceptors (Lipinski definition) is 4. The highest BCUT2D eigenvalue weighted by Crippen LogP contribution is 2.27. The predicted molar refractivity (Wildman–Crippen MR) is 81.3 cm³/mol. The molecular formula is C15H22ClN3O. The molecule has 5 heteroatoms. The molecule has 2 aliphatic heterocycles. The molecule has 0 spiro atoms. The molecule has 1 aromatic heterocycles. The summed E-state index contributed by atoms with van der Waals surface area (Å²) in [4.78, 5) is 9.23. The summed E-state index contributed by atoms with van der Waals surface area (Å²) in [6, 6.07) is 4.43. The van der Waals surface area contributed by atoms with Crippen LogP contribution in [0.3, 0.4) is 0 Å². The maximum atomic E-state index is 9.59. The fraction of sp³-hybridized carbons (Fsp3) is 0.667. The number of pyridine rings is 1. The summed E-state index contributed by atoms with van der Waals surface area (Å²) < 4.78 is 0. The first-order chi connectivity index (χ1) is 9.74. The number of likely N-dealkylation sites (tertiary alicyclic amines) is 1. The largest absolute Gasteiger partial charge is 0.393 e. The van der Waals surface area contributed by atoms with Crippen molar-refractivity contribution in [1.82, 2.24) is 9.88 Å². The number of piperidine rings is 2. The summed E-state index contributed by atoms with van der Waals surface area (Å²) in [6.07, 6.45) is 5.88. The molecule has 3 heterocycles. The Morgan fingerprint density at radius 1 is 1.10 bits per heavy atom. The van der Waals surface area contributed by atoms with Crippen molar-refractivity contribution in [2.45, 2.75) is 37.8 Å². The highest BCUT2D eigenvalue weighted by atomic mass is 35.5. The van der Waals surface area contributed by atoms with Gasteiger partial charge in [-0.15, -0.1) is 0 Å². The first-order valence-electron chi connectivity index (χ1n) is 7.51. The molecule has 3 rings (SSSR count). The lowest BCUT2D eigenvalue weighted by molar-refractivity contribution is 0.0542. The number of nitrogens with zero attached hydrogens (tertiary/aromatic N) is 3. The lowest BCUT2D eigenvalue weighted by Crippen LogP contribution is -2.48. The van der Waals surface area contributed by atoms with Crippen LogP contribution in [0, 0.1) is 0 Å². The lowest BCUT2D eigenvalue weighted by atomic mass is 9.99. The molecule has 1 N–H and O–H groups in total. The van der Waals surface area contributed by atoms with E-state index in [1.807, 2.05) is 12.1 Å². The van der Waals surface area contributed by atoms with Gasteiger partial charge in [0.05, 0.1) is 11.1 Å². The van der Waals surface area contributed by atoms with Crippen molar-refractivity contribution in [3.05, 3.63) is 23.4 Å². The highest BCUT2D eigenvalue weighted by Gasteiger charge is 2.28. The summed E-state index contributed by atoms with van der Waals surface area (Å²) in [6.45, 7) is 4.10. The van der Waals surface area contributed by atoms with Crippen LogP contribution >= 0.6 is 11.6 Å². The van der Waals surface area contributed by atoms with Crippen molar-refractivity contribution in [2.75, 3.05) is 31.1 Å². The Labute approximate surface area is 125 Å². The number of aliphatic hydroxyl groups is 1. The zero-order valence-electron chi connectivity index (χ0n) is 11.7. The third kappa shape index (κ3) is 3.08. The van der Waals surface area contributed by atoms with Crippen LogP contribution in [-0.2, 0) is 0 Å². The molecule has 0 bridgehead atoms. The van der Waals surface area contributed by atoms with Gasteiger partial charge in [0, 0.05) is 38.4 Å². The molecule has 20 heavy (non-hydrogen) atoms. The summed E-state index contributed by atoms with van der Waals surface area (Å²) in [5.74, 6) is 0.918. The Balaban J connectivity index is 1.56. The third-order valence-corrected chi connectivity index (χ3v) is 4.81. The third-order valence-electron chi connectivity index (χ3n) is 4.52. The van der Waals surface area contributed by atoms with Crippen molar-refractivity contribution in [3.63, 3.8) is 0 Å². The zero-order chi connectivity index (χ0) is 13.9. The second-order valence-electron chi connectivity index (χ2n) is 5.79. The number of rotatable bonds is 2. The molecule has 2 saturated heterocycles. The molecule has 0 aromatic carbocycles. The molecule has 0 unspecified atom stereocenters. The monoisotopic (exact) mass is 295 g/mol. The van der Waals surface area contributed by atoms with Gasteiger partial charge in [0.1, 0.15) is 5.82 Å². The topological polar surface area (TPSA) is 39.6 Å². The van der Waals surface area contributed by atoms with Gasteiger partial charge in [0.25, 0.3) is 0 Å². The minimum absolute atomic E-state index is 0.0846. The first-order valence-corrected chi connectivity index (χ1v) is 7.89. The SMILES string of the molecule is OC1CCN(C2CCN(c3ncccc3Cl)CC2)CC1. The quantitative estimate of drug-likeness (QED) is 0.908. The molecule has 2 fully saturated rings. The van der Waals surface area contributed by atoms with E-state index in [4.69, 9.17) is 11.6 Å². The van der Waals surface area contributed by atoms with E-state index in [2.05, 4.69) is 14.8 Å². The molecule has 0 atom stereocenters. The predicted octanol–water partition coefficient (Wildman–Crippen LogP) is 2.16. The average Bonchev–Trinajstić information content (AvgIpc) is 2.49.